The van der Waals surface area contributed by atoms with Crippen LogP contribution in [0.1, 0.15) is 18.1 Å². The molecule has 2 aromatic rings. The standard InChI is InChI=1S/C16H19BrN2O2/c1-3-21-16-13(7-14(17)8-15(16)20-2)11-19-10-12-5-4-6-18-9-12/h4-9,19H,3,10-11H2,1-2H3. The smallest absolute Gasteiger partial charge is 0.165 e. The predicted molar refractivity (Wildman–Crippen MR) is 86.6 cm³/mol. The van der Waals surface area contributed by atoms with Gasteiger partial charge < -0.3 is 14.8 Å². The molecule has 0 atom stereocenters. The summed E-state index contributed by atoms with van der Waals surface area (Å²) in [5, 5.41) is 3.40. The highest BCUT2D eigenvalue weighted by Crippen LogP contribution is 2.34. The van der Waals surface area contributed by atoms with E-state index < -0.39 is 0 Å². The number of ether oxygens (including phenoxy) is 2. The molecule has 0 aliphatic carbocycles. The van der Waals surface area contributed by atoms with E-state index in [1.807, 2.05) is 37.4 Å². The Kier molecular flexibility index (Phi) is 6.02. The number of aromatic nitrogens is 1. The molecule has 0 spiro atoms. The topological polar surface area (TPSA) is 43.4 Å². The Balaban J connectivity index is 2.09. The number of methoxy groups -OCH3 is 1. The lowest BCUT2D eigenvalue weighted by molar-refractivity contribution is 0.306. The van der Waals surface area contributed by atoms with Crippen LogP contribution in [0.25, 0.3) is 0 Å². The maximum Gasteiger partial charge on any atom is 0.165 e. The summed E-state index contributed by atoms with van der Waals surface area (Å²) >= 11 is 3.50. The molecular weight excluding hydrogens is 332 g/mol. The molecule has 4 nitrogen and oxygen atoms in total. The normalized spacial score (nSPS) is 10.4. The van der Waals surface area contributed by atoms with Crippen molar-refractivity contribution in [2.75, 3.05) is 13.7 Å². The van der Waals surface area contributed by atoms with Gasteiger partial charge in [0.05, 0.1) is 13.7 Å². The number of hydrogen-bond donors (Lipinski definition) is 1. The maximum absolute atomic E-state index is 5.72. The molecule has 5 heteroatoms. The van der Waals surface area contributed by atoms with Crippen LogP contribution in [0.3, 0.4) is 0 Å². The molecule has 0 amide bonds. The molecule has 21 heavy (non-hydrogen) atoms. The minimum absolute atomic E-state index is 0.605. The molecule has 112 valence electrons. The number of nitrogens with zero attached hydrogens (tertiary/aromatic N) is 1. The number of nitrogens with one attached hydrogen (secondary N) is 1. The zero-order chi connectivity index (χ0) is 15.1. The number of benzene rings is 1. The highest BCUT2D eigenvalue weighted by molar-refractivity contribution is 9.10. The van der Waals surface area contributed by atoms with Gasteiger partial charge in [0.2, 0.25) is 0 Å². The summed E-state index contributed by atoms with van der Waals surface area (Å²) < 4.78 is 12.1. The highest BCUT2D eigenvalue weighted by Gasteiger charge is 2.12. The lowest BCUT2D eigenvalue weighted by atomic mass is 10.1. The van der Waals surface area contributed by atoms with Crippen LogP contribution < -0.4 is 14.8 Å². The molecule has 1 aromatic carbocycles. The van der Waals surface area contributed by atoms with Gasteiger partial charge >= 0.3 is 0 Å². The SMILES string of the molecule is CCOc1c(CNCc2cccnc2)cc(Br)cc1OC. The lowest BCUT2D eigenvalue weighted by Gasteiger charge is -2.15. The Morgan fingerprint density at radius 2 is 2.14 bits per heavy atom. The molecule has 2 rings (SSSR count). The zero-order valence-corrected chi connectivity index (χ0v) is 13.8. The molecule has 0 aliphatic heterocycles. The summed E-state index contributed by atoms with van der Waals surface area (Å²) in [4.78, 5) is 4.11. The summed E-state index contributed by atoms with van der Waals surface area (Å²) in [7, 11) is 1.65. The first kappa shape index (κ1) is 15.8. The fourth-order valence-corrected chi connectivity index (χ4v) is 2.54. The second-order valence-corrected chi connectivity index (χ2v) is 5.41. The summed E-state index contributed by atoms with van der Waals surface area (Å²) in [5.41, 5.74) is 2.21. The summed E-state index contributed by atoms with van der Waals surface area (Å²) in [5.74, 6) is 1.53. The Hall–Kier alpha value is -1.59. The van der Waals surface area contributed by atoms with Crippen molar-refractivity contribution >= 4 is 15.9 Å². The summed E-state index contributed by atoms with van der Waals surface area (Å²) in [6.45, 7) is 4.02. The van der Waals surface area contributed by atoms with Crippen molar-refractivity contribution in [3.8, 4) is 11.5 Å². The monoisotopic (exact) mass is 350 g/mol. The quantitative estimate of drug-likeness (QED) is 0.829. The molecule has 1 heterocycles. The van der Waals surface area contributed by atoms with Gasteiger partial charge in [-0.1, -0.05) is 22.0 Å². The third-order valence-electron chi connectivity index (χ3n) is 2.97. The molecule has 0 saturated carbocycles. The number of halogens is 1. The van der Waals surface area contributed by atoms with E-state index >= 15 is 0 Å². The first-order chi connectivity index (χ1) is 10.2. The van der Waals surface area contributed by atoms with E-state index in [4.69, 9.17) is 9.47 Å². The van der Waals surface area contributed by atoms with Crippen LogP contribution in [-0.4, -0.2) is 18.7 Å². The average molecular weight is 351 g/mol. The zero-order valence-electron chi connectivity index (χ0n) is 12.2. The fourth-order valence-electron chi connectivity index (χ4n) is 2.06. The average Bonchev–Trinajstić information content (AvgIpc) is 2.50. The van der Waals surface area contributed by atoms with Gasteiger partial charge in [-0.3, -0.25) is 4.98 Å². The second kappa shape index (κ2) is 8.00. The van der Waals surface area contributed by atoms with Gasteiger partial charge in [0.15, 0.2) is 11.5 Å². The van der Waals surface area contributed by atoms with E-state index in [0.29, 0.717) is 13.2 Å². The second-order valence-electron chi connectivity index (χ2n) is 4.49. The van der Waals surface area contributed by atoms with Crippen molar-refractivity contribution in [3.63, 3.8) is 0 Å². The van der Waals surface area contributed by atoms with E-state index in [0.717, 1.165) is 33.6 Å². The van der Waals surface area contributed by atoms with Gasteiger partial charge in [-0.2, -0.15) is 0 Å². The van der Waals surface area contributed by atoms with Crippen molar-refractivity contribution < 1.29 is 9.47 Å². The number of pyridine rings is 1. The van der Waals surface area contributed by atoms with Crippen LogP contribution in [0.15, 0.2) is 41.1 Å². The highest BCUT2D eigenvalue weighted by atomic mass is 79.9. The minimum Gasteiger partial charge on any atom is -0.493 e. The van der Waals surface area contributed by atoms with Gasteiger partial charge in [-0.05, 0) is 30.7 Å². The Bertz CT molecular complexity index is 576. The van der Waals surface area contributed by atoms with Gasteiger partial charge in [-0.15, -0.1) is 0 Å². The fraction of sp³-hybridized carbons (Fsp3) is 0.312. The Morgan fingerprint density at radius 1 is 1.29 bits per heavy atom. The van der Waals surface area contributed by atoms with Crippen molar-refractivity contribution in [1.82, 2.24) is 10.3 Å². The molecule has 0 radical (unpaired) electrons. The first-order valence-corrected chi connectivity index (χ1v) is 7.62. The Labute approximate surface area is 133 Å². The molecule has 0 bridgehead atoms. The van der Waals surface area contributed by atoms with E-state index in [1.165, 1.54) is 0 Å². The predicted octanol–water partition coefficient (Wildman–Crippen LogP) is 3.54. The number of rotatable bonds is 7. The maximum atomic E-state index is 5.72. The van der Waals surface area contributed by atoms with E-state index in [9.17, 15) is 0 Å². The first-order valence-electron chi connectivity index (χ1n) is 6.83. The number of hydrogen-bond acceptors (Lipinski definition) is 4. The summed E-state index contributed by atoms with van der Waals surface area (Å²) in [6.07, 6.45) is 3.63. The van der Waals surface area contributed by atoms with E-state index in [1.54, 1.807) is 13.3 Å². The van der Waals surface area contributed by atoms with E-state index in [-0.39, 0.29) is 0 Å². The van der Waals surface area contributed by atoms with Crippen molar-refractivity contribution in [2.45, 2.75) is 20.0 Å². The third kappa shape index (κ3) is 4.44. The van der Waals surface area contributed by atoms with E-state index in [2.05, 4.69) is 26.2 Å². The molecule has 0 unspecified atom stereocenters. The van der Waals surface area contributed by atoms with Crippen LogP contribution in [0, 0.1) is 0 Å². The van der Waals surface area contributed by atoms with Gasteiger partial charge in [-0.25, -0.2) is 0 Å². The van der Waals surface area contributed by atoms with Crippen LogP contribution in [-0.2, 0) is 13.1 Å². The Morgan fingerprint density at radius 3 is 2.81 bits per heavy atom. The van der Waals surface area contributed by atoms with Crippen molar-refractivity contribution in [3.05, 3.63) is 52.3 Å². The van der Waals surface area contributed by atoms with Crippen molar-refractivity contribution in [1.29, 1.82) is 0 Å². The van der Waals surface area contributed by atoms with Gasteiger partial charge in [0, 0.05) is 35.5 Å². The lowest BCUT2D eigenvalue weighted by Crippen LogP contribution is -2.14. The van der Waals surface area contributed by atoms with Crippen LogP contribution in [0.5, 0.6) is 11.5 Å². The molecule has 1 N–H and O–H groups in total. The van der Waals surface area contributed by atoms with Crippen LogP contribution in [0.4, 0.5) is 0 Å². The summed E-state index contributed by atoms with van der Waals surface area (Å²) in [6, 6.07) is 7.94. The van der Waals surface area contributed by atoms with Crippen LogP contribution >= 0.6 is 15.9 Å². The molecule has 0 aliphatic rings. The minimum atomic E-state index is 0.605. The van der Waals surface area contributed by atoms with Gasteiger partial charge in [0.25, 0.3) is 0 Å². The van der Waals surface area contributed by atoms with Crippen LogP contribution in [0.2, 0.25) is 0 Å². The molecule has 1 aromatic heterocycles. The third-order valence-corrected chi connectivity index (χ3v) is 3.43. The van der Waals surface area contributed by atoms with Gasteiger partial charge in [0.1, 0.15) is 0 Å². The molecule has 0 fully saturated rings. The largest absolute Gasteiger partial charge is 0.493 e. The molecule has 0 saturated heterocycles. The molecular formula is C16H19BrN2O2. The van der Waals surface area contributed by atoms with Crippen molar-refractivity contribution in [2.24, 2.45) is 0 Å².